The van der Waals surface area contributed by atoms with E-state index in [1.54, 1.807) is 24.3 Å². The van der Waals surface area contributed by atoms with Gasteiger partial charge in [-0.05, 0) is 24.3 Å². The van der Waals surface area contributed by atoms with E-state index in [1.165, 1.54) is 24.3 Å². The van der Waals surface area contributed by atoms with Crippen LogP contribution in [0.5, 0.6) is 0 Å². The van der Waals surface area contributed by atoms with E-state index in [0.29, 0.717) is 16.3 Å². The minimum atomic E-state index is -0.519. The van der Waals surface area contributed by atoms with Gasteiger partial charge < -0.3 is 5.32 Å². The highest BCUT2D eigenvalue weighted by molar-refractivity contribution is 6.31. The van der Waals surface area contributed by atoms with Crippen LogP contribution < -0.4 is 5.32 Å². The maximum Gasteiger partial charge on any atom is 0.271 e. The summed E-state index contributed by atoms with van der Waals surface area (Å²) in [4.78, 5) is 22.0. The van der Waals surface area contributed by atoms with Gasteiger partial charge in [0, 0.05) is 28.4 Å². The maximum absolute atomic E-state index is 11.9. The highest BCUT2D eigenvalue weighted by Gasteiger charge is 2.09. The molecule has 0 heterocycles. The quantitative estimate of drug-likeness (QED) is 0.689. The van der Waals surface area contributed by atoms with Crippen molar-refractivity contribution in [3.8, 4) is 0 Å². The van der Waals surface area contributed by atoms with Gasteiger partial charge in [-0.3, -0.25) is 14.9 Å². The van der Waals surface area contributed by atoms with Gasteiger partial charge in [0.2, 0.25) is 0 Å². The summed E-state index contributed by atoms with van der Waals surface area (Å²) in [5.74, 6) is -0.372. The van der Waals surface area contributed by atoms with Crippen molar-refractivity contribution in [2.24, 2.45) is 0 Å². The second-order valence-corrected chi connectivity index (χ2v) is 4.21. The fourth-order valence-electron chi connectivity index (χ4n) is 1.53. The van der Waals surface area contributed by atoms with Gasteiger partial charge in [0.25, 0.3) is 11.6 Å². The van der Waals surface area contributed by atoms with Crippen LogP contribution >= 0.6 is 11.6 Å². The number of halogens is 1. The van der Waals surface area contributed by atoms with E-state index in [2.05, 4.69) is 5.32 Å². The van der Waals surface area contributed by atoms with Crippen LogP contribution in [0.2, 0.25) is 5.02 Å². The van der Waals surface area contributed by atoms with E-state index in [0.717, 1.165) is 0 Å². The predicted molar refractivity (Wildman–Crippen MR) is 72.5 cm³/mol. The van der Waals surface area contributed by atoms with Crippen molar-refractivity contribution in [2.75, 3.05) is 5.32 Å². The Morgan fingerprint density at radius 2 is 1.89 bits per heavy atom. The third-order valence-electron chi connectivity index (χ3n) is 2.40. The number of nitrogens with zero attached hydrogens (tertiary/aromatic N) is 1. The monoisotopic (exact) mass is 276 g/mol. The molecule has 0 unspecified atom stereocenters. The molecule has 0 aromatic heterocycles. The number of non-ortho nitro benzene ring substituents is 1. The largest absolute Gasteiger partial charge is 0.322 e. The zero-order valence-electron chi connectivity index (χ0n) is 9.67. The first-order valence-electron chi connectivity index (χ1n) is 5.37. The normalized spacial score (nSPS) is 9.95. The lowest BCUT2D eigenvalue weighted by Crippen LogP contribution is -2.11. The van der Waals surface area contributed by atoms with Crippen molar-refractivity contribution in [3.63, 3.8) is 0 Å². The van der Waals surface area contributed by atoms with Crippen molar-refractivity contribution < 1.29 is 9.72 Å². The average molecular weight is 277 g/mol. The van der Waals surface area contributed by atoms with Crippen LogP contribution in [-0.4, -0.2) is 10.8 Å². The smallest absolute Gasteiger partial charge is 0.271 e. The van der Waals surface area contributed by atoms with Crippen LogP contribution in [0.1, 0.15) is 10.4 Å². The molecule has 0 aliphatic heterocycles. The molecule has 2 rings (SSSR count). The van der Waals surface area contributed by atoms with E-state index in [-0.39, 0.29) is 11.6 Å². The molecule has 0 spiro atoms. The predicted octanol–water partition coefficient (Wildman–Crippen LogP) is 3.50. The van der Waals surface area contributed by atoms with Crippen LogP contribution in [0, 0.1) is 10.1 Å². The summed E-state index contributed by atoms with van der Waals surface area (Å²) in [5.41, 5.74) is 0.669. The molecule has 5 nitrogen and oxygen atoms in total. The molecule has 1 amide bonds. The first-order valence-corrected chi connectivity index (χ1v) is 5.75. The lowest BCUT2D eigenvalue weighted by atomic mass is 10.2. The standard InChI is InChI=1S/C13H9ClN2O3/c14-10-4-1-3-9(7-10)13(17)15-11-5-2-6-12(8-11)16(18)19/h1-8H,(H,15,17). The van der Waals surface area contributed by atoms with E-state index in [1.807, 2.05) is 0 Å². The van der Waals surface area contributed by atoms with Crippen LogP contribution in [-0.2, 0) is 0 Å². The Morgan fingerprint density at radius 3 is 2.58 bits per heavy atom. The number of carbonyl (C=O) groups is 1. The van der Waals surface area contributed by atoms with Crippen molar-refractivity contribution >= 4 is 28.9 Å². The minimum Gasteiger partial charge on any atom is -0.322 e. The third kappa shape index (κ3) is 3.29. The molecule has 0 fully saturated rings. The molecule has 6 heteroatoms. The number of carbonyl (C=O) groups excluding carboxylic acids is 1. The number of nitro groups is 1. The molecule has 19 heavy (non-hydrogen) atoms. The van der Waals surface area contributed by atoms with E-state index in [9.17, 15) is 14.9 Å². The van der Waals surface area contributed by atoms with Gasteiger partial charge in [0.1, 0.15) is 0 Å². The Hall–Kier alpha value is -2.40. The molecule has 0 bridgehead atoms. The number of hydrogen-bond donors (Lipinski definition) is 1. The number of amides is 1. The number of anilines is 1. The number of benzene rings is 2. The number of nitro benzene ring substituents is 1. The molecule has 0 aliphatic rings. The summed E-state index contributed by atoms with van der Waals surface area (Å²) in [6.07, 6.45) is 0. The minimum absolute atomic E-state index is 0.0797. The maximum atomic E-state index is 11.9. The van der Waals surface area contributed by atoms with E-state index < -0.39 is 4.92 Å². The Morgan fingerprint density at radius 1 is 1.16 bits per heavy atom. The van der Waals surface area contributed by atoms with Crippen LogP contribution in [0.15, 0.2) is 48.5 Å². The van der Waals surface area contributed by atoms with Crippen molar-refractivity contribution in [1.82, 2.24) is 0 Å². The molecule has 0 saturated heterocycles. The van der Waals surface area contributed by atoms with Gasteiger partial charge in [-0.15, -0.1) is 0 Å². The van der Waals surface area contributed by atoms with Gasteiger partial charge in [0.05, 0.1) is 4.92 Å². The first-order chi connectivity index (χ1) is 9.06. The van der Waals surface area contributed by atoms with E-state index in [4.69, 9.17) is 11.6 Å². The molecule has 2 aromatic rings. The summed E-state index contributed by atoms with van der Waals surface area (Å²) in [7, 11) is 0. The van der Waals surface area contributed by atoms with Crippen LogP contribution in [0.4, 0.5) is 11.4 Å². The lowest BCUT2D eigenvalue weighted by molar-refractivity contribution is -0.384. The zero-order valence-corrected chi connectivity index (χ0v) is 10.4. The molecule has 0 radical (unpaired) electrons. The Balaban J connectivity index is 2.19. The van der Waals surface area contributed by atoms with Gasteiger partial charge in [-0.25, -0.2) is 0 Å². The van der Waals surface area contributed by atoms with Crippen LogP contribution in [0.25, 0.3) is 0 Å². The Labute approximate surface area is 114 Å². The number of rotatable bonds is 3. The third-order valence-corrected chi connectivity index (χ3v) is 2.64. The topological polar surface area (TPSA) is 72.2 Å². The summed E-state index contributed by atoms with van der Waals surface area (Å²) >= 11 is 5.79. The number of hydrogen-bond acceptors (Lipinski definition) is 3. The van der Waals surface area contributed by atoms with Crippen molar-refractivity contribution in [3.05, 3.63) is 69.2 Å². The lowest BCUT2D eigenvalue weighted by Gasteiger charge is -2.05. The number of nitrogens with one attached hydrogen (secondary N) is 1. The molecular weight excluding hydrogens is 268 g/mol. The second kappa shape index (κ2) is 5.49. The molecule has 2 aromatic carbocycles. The van der Waals surface area contributed by atoms with Gasteiger partial charge in [-0.2, -0.15) is 0 Å². The molecule has 0 atom stereocenters. The summed E-state index contributed by atoms with van der Waals surface area (Å²) in [5, 5.41) is 13.7. The summed E-state index contributed by atoms with van der Waals surface area (Å²) in [6, 6.07) is 12.2. The molecule has 1 N–H and O–H groups in total. The van der Waals surface area contributed by atoms with Gasteiger partial charge >= 0.3 is 0 Å². The Bertz CT molecular complexity index is 643. The van der Waals surface area contributed by atoms with Gasteiger partial charge in [-0.1, -0.05) is 23.7 Å². The molecule has 0 saturated carbocycles. The first kappa shape index (κ1) is 13.0. The van der Waals surface area contributed by atoms with Crippen LogP contribution in [0.3, 0.4) is 0 Å². The summed E-state index contributed by atoms with van der Waals surface area (Å²) in [6.45, 7) is 0. The fraction of sp³-hybridized carbons (Fsp3) is 0. The molecule has 96 valence electrons. The molecule has 0 aliphatic carbocycles. The highest BCUT2D eigenvalue weighted by Crippen LogP contribution is 2.18. The second-order valence-electron chi connectivity index (χ2n) is 3.77. The van der Waals surface area contributed by atoms with Gasteiger partial charge in [0.15, 0.2) is 0 Å². The molecular formula is C13H9ClN2O3. The van der Waals surface area contributed by atoms with Crippen molar-refractivity contribution in [1.29, 1.82) is 0 Å². The fourth-order valence-corrected chi connectivity index (χ4v) is 1.72. The zero-order chi connectivity index (χ0) is 13.8. The Kier molecular flexibility index (Phi) is 3.77. The van der Waals surface area contributed by atoms with E-state index >= 15 is 0 Å². The SMILES string of the molecule is O=C(Nc1cccc([N+](=O)[O-])c1)c1cccc(Cl)c1. The summed E-state index contributed by atoms with van der Waals surface area (Å²) < 4.78 is 0. The van der Waals surface area contributed by atoms with Crippen molar-refractivity contribution in [2.45, 2.75) is 0 Å². The highest BCUT2D eigenvalue weighted by atomic mass is 35.5. The average Bonchev–Trinajstić information content (AvgIpc) is 2.39.